The Bertz CT molecular complexity index is 359. The van der Waals surface area contributed by atoms with Gasteiger partial charge in [0.05, 0.1) is 6.10 Å². The molecule has 3 unspecified atom stereocenters. The summed E-state index contributed by atoms with van der Waals surface area (Å²) in [6.45, 7) is 12.5. The third-order valence-corrected chi connectivity index (χ3v) is 5.33. The van der Waals surface area contributed by atoms with Gasteiger partial charge in [0.1, 0.15) is 5.54 Å². The molecule has 1 amide bonds. The fourth-order valence-electron chi connectivity index (χ4n) is 2.86. The molecule has 1 saturated carbocycles. The number of carbonyl (C=O) groups excluding carboxylic acids is 1. The summed E-state index contributed by atoms with van der Waals surface area (Å²) in [4.78, 5) is 14.7. The molecule has 124 valence electrons. The zero-order valence-corrected chi connectivity index (χ0v) is 14.5. The smallest absolute Gasteiger partial charge is 0.240 e. The Hall–Kier alpha value is -0.650. The third-order valence-electron chi connectivity index (χ3n) is 5.33. The molecule has 1 rings (SSSR count). The van der Waals surface area contributed by atoms with Crippen LogP contribution >= 0.6 is 0 Å². The largest absolute Gasteiger partial charge is 0.378 e. The van der Waals surface area contributed by atoms with Crippen LogP contribution in [0.1, 0.15) is 47.5 Å². The van der Waals surface area contributed by atoms with Crippen molar-refractivity contribution in [2.24, 2.45) is 11.1 Å². The van der Waals surface area contributed by atoms with Crippen LogP contribution in [0.4, 0.5) is 0 Å². The first-order valence-corrected chi connectivity index (χ1v) is 8.09. The Labute approximate surface area is 129 Å². The lowest BCUT2D eigenvalue weighted by atomic mass is 9.54. The highest BCUT2D eigenvalue weighted by Crippen LogP contribution is 2.49. The normalized spacial score (nSPS) is 29.0. The van der Waals surface area contributed by atoms with E-state index in [9.17, 15) is 4.79 Å². The minimum atomic E-state index is -0.818. The molecule has 0 aromatic rings. The van der Waals surface area contributed by atoms with Gasteiger partial charge in [-0.05, 0) is 27.3 Å². The van der Waals surface area contributed by atoms with Gasteiger partial charge in [-0.2, -0.15) is 0 Å². The number of hydrogen-bond acceptors (Lipinski definition) is 4. The standard InChI is InChI=1S/C16H33N3O2/c1-7-12(3)19(6)10-9-18-14(20)16(17)11-13(21-8-2)15(16,4)5/h12-13H,7-11,17H2,1-6H3,(H,18,20). The van der Waals surface area contributed by atoms with Crippen molar-refractivity contribution < 1.29 is 9.53 Å². The summed E-state index contributed by atoms with van der Waals surface area (Å²) in [6, 6.07) is 0.524. The van der Waals surface area contributed by atoms with E-state index in [2.05, 4.69) is 31.1 Å². The Balaban J connectivity index is 2.46. The fourth-order valence-corrected chi connectivity index (χ4v) is 2.86. The van der Waals surface area contributed by atoms with Crippen LogP contribution in [0.5, 0.6) is 0 Å². The van der Waals surface area contributed by atoms with Crippen LogP contribution in [-0.2, 0) is 9.53 Å². The lowest BCUT2D eigenvalue weighted by molar-refractivity contribution is -0.170. The van der Waals surface area contributed by atoms with Crippen molar-refractivity contribution in [1.29, 1.82) is 0 Å². The topological polar surface area (TPSA) is 67.6 Å². The van der Waals surface area contributed by atoms with Gasteiger partial charge in [-0.15, -0.1) is 0 Å². The fraction of sp³-hybridized carbons (Fsp3) is 0.938. The van der Waals surface area contributed by atoms with Gasteiger partial charge in [0.2, 0.25) is 5.91 Å². The van der Waals surface area contributed by atoms with Gasteiger partial charge in [-0.1, -0.05) is 20.8 Å². The zero-order valence-electron chi connectivity index (χ0n) is 14.5. The van der Waals surface area contributed by atoms with Crippen molar-refractivity contribution >= 4 is 5.91 Å². The van der Waals surface area contributed by atoms with Crippen molar-refractivity contribution in [1.82, 2.24) is 10.2 Å². The molecule has 3 atom stereocenters. The van der Waals surface area contributed by atoms with Gasteiger partial charge in [0.15, 0.2) is 0 Å². The molecule has 0 aromatic carbocycles. The van der Waals surface area contributed by atoms with Crippen LogP contribution in [0.3, 0.4) is 0 Å². The minimum absolute atomic E-state index is 0.0546. The van der Waals surface area contributed by atoms with Crippen molar-refractivity contribution in [3.05, 3.63) is 0 Å². The van der Waals surface area contributed by atoms with E-state index in [0.29, 0.717) is 25.6 Å². The first-order valence-electron chi connectivity index (χ1n) is 8.09. The molecule has 1 fully saturated rings. The number of likely N-dealkylation sites (N-methyl/N-ethyl adjacent to an activating group) is 1. The van der Waals surface area contributed by atoms with Crippen LogP contribution in [0, 0.1) is 5.41 Å². The minimum Gasteiger partial charge on any atom is -0.378 e. The highest BCUT2D eigenvalue weighted by atomic mass is 16.5. The van der Waals surface area contributed by atoms with Crippen LogP contribution in [-0.4, -0.2) is 55.2 Å². The molecule has 5 nitrogen and oxygen atoms in total. The van der Waals surface area contributed by atoms with Gasteiger partial charge < -0.3 is 20.7 Å². The maximum Gasteiger partial charge on any atom is 0.240 e. The number of nitrogens with zero attached hydrogens (tertiary/aromatic N) is 1. The number of nitrogens with one attached hydrogen (secondary N) is 1. The van der Waals surface area contributed by atoms with Crippen LogP contribution in [0.25, 0.3) is 0 Å². The summed E-state index contributed by atoms with van der Waals surface area (Å²) in [6.07, 6.45) is 1.77. The Kier molecular flexibility index (Phi) is 6.20. The Morgan fingerprint density at radius 2 is 2.10 bits per heavy atom. The van der Waals surface area contributed by atoms with E-state index in [4.69, 9.17) is 10.5 Å². The van der Waals surface area contributed by atoms with Gasteiger partial charge in [-0.3, -0.25) is 4.79 Å². The predicted molar refractivity (Wildman–Crippen MR) is 86.1 cm³/mol. The molecule has 5 heteroatoms. The van der Waals surface area contributed by atoms with Gasteiger partial charge in [0, 0.05) is 37.6 Å². The van der Waals surface area contributed by atoms with E-state index < -0.39 is 5.54 Å². The highest BCUT2D eigenvalue weighted by molar-refractivity contribution is 5.88. The van der Waals surface area contributed by atoms with Crippen LogP contribution < -0.4 is 11.1 Å². The number of carbonyl (C=O) groups is 1. The molecular formula is C16H33N3O2. The van der Waals surface area contributed by atoms with Crippen molar-refractivity contribution in [2.75, 3.05) is 26.7 Å². The quantitative estimate of drug-likeness (QED) is 0.710. The van der Waals surface area contributed by atoms with E-state index in [1.807, 2.05) is 20.8 Å². The second-order valence-corrected chi connectivity index (χ2v) is 6.83. The molecule has 0 saturated heterocycles. The first-order chi connectivity index (χ1) is 9.70. The van der Waals surface area contributed by atoms with Crippen molar-refractivity contribution in [3.63, 3.8) is 0 Å². The average Bonchev–Trinajstić information content (AvgIpc) is 2.45. The lowest BCUT2D eigenvalue weighted by Gasteiger charge is -2.57. The average molecular weight is 299 g/mol. The van der Waals surface area contributed by atoms with Gasteiger partial charge in [-0.25, -0.2) is 0 Å². The highest BCUT2D eigenvalue weighted by Gasteiger charge is 2.62. The van der Waals surface area contributed by atoms with Crippen molar-refractivity contribution in [3.8, 4) is 0 Å². The second kappa shape index (κ2) is 7.07. The number of rotatable bonds is 8. The SMILES string of the molecule is CCOC1CC(N)(C(=O)NCCN(C)C(C)CC)C1(C)C. The summed E-state index contributed by atoms with van der Waals surface area (Å²) >= 11 is 0. The van der Waals surface area contributed by atoms with Gasteiger partial charge >= 0.3 is 0 Å². The maximum atomic E-state index is 12.4. The molecule has 21 heavy (non-hydrogen) atoms. The lowest BCUT2D eigenvalue weighted by Crippen LogP contribution is -2.75. The molecule has 0 radical (unpaired) electrons. The summed E-state index contributed by atoms with van der Waals surface area (Å²) in [7, 11) is 2.08. The number of hydrogen-bond donors (Lipinski definition) is 2. The van der Waals surface area contributed by atoms with Crippen LogP contribution in [0.2, 0.25) is 0 Å². The molecule has 1 aliphatic rings. The summed E-state index contributed by atoms with van der Waals surface area (Å²) < 4.78 is 5.66. The third kappa shape index (κ3) is 3.58. The molecule has 1 aliphatic carbocycles. The number of nitrogens with two attached hydrogens (primary N) is 1. The molecule has 0 heterocycles. The van der Waals surface area contributed by atoms with E-state index in [1.54, 1.807) is 0 Å². The summed E-state index contributed by atoms with van der Waals surface area (Å²) in [5.41, 5.74) is 5.20. The molecule has 3 N–H and O–H groups in total. The second-order valence-electron chi connectivity index (χ2n) is 6.83. The molecule has 0 aliphatic heterocycles. The Morgan fingerprint density at radius 1 is 1.48 bits per heavy atom. The van der Waals surface area contributed by atoms with E-state index >= 15 is 0 Å². The van der Waals surface area contributed by atoms with E-state index in [1.165, 1.54) is 0 Å². The molecule has 0 aromatic heterocycles. The number of ether oxygens (including phenoxy) is 1. The molecular weight excluding hydrogens is 266 g/mol. The first kappa shape index (κ1) is 18.4. The summed E-state index contributed by atoms with van der Waals surface area (Å²) in [5.74, 6) is -0.0546. The van der Waals surface area contributed by atoms with E-state index in [-0.39, 0.29) is 17.4 Å². The maximum absolute atomic E-state index is 12.4. The van der Waals surface area contributed by atoms with Crippen molar-refractivity contribution in [2.45, 2.75) is 65.1 Å². The Morgan fingerprint density at radius 3 is 2.57 bits per heavy atom. The van der Waals surface area contributed by atoms with Gasteiger partial charge in [0.25, 0.3) is 0 Å². The zero-order chi connectivity index (χ0) is 16.3. The van der Waals surface area contributed by atoms with Crippen LogP contribution in [0.15, 0.2) is 0 Å². The number of amides is 1. The monoisotopic (exact) mass is 299 g/mol. The van der Waals surface area contributed by atoms with E-state index in [0.717, 1.165) is 13.0 Å². The predicted octanol–water partition coefficient (Wildman–Crippen LogP) is 1.37. The molecule has 0 bridgehead atoms. The summed E-state index contributed by atoms with van der Waals surface area (Å²) in [5, 5.41) is 2.99. The molecule has 0 spiro atoms.